The van der Waals surface area contributed by atoms with Crippen LogP contribution in [0.25, 0.3) is 5.69 Å². The van der Waals surface area contributed by atoms with E-state index >= 15 is 0 Å². The third-order valence-electron chi connectivity index (χ3n) is 4.55. The lowest BCUT2D eigenvalue weighted by Gasteiger charge is -2.24. The van der Waals surface area contributed by atoms with Crippen molar-refractivity contribution in [3.05, 3.63) is 53.4 Å². The molecule has 140 valence electrons. The van der Waals surface area contributed by atoms with Gasteiger partial charge in [-0.05, 0) is 55.9 Å². The second-order valence-electron chi connectivity index (χ2n) is 6.43. The highest BCUT2D eigenvalue weighted by molar-refractivity contribution is 7.89. The van der Waals surface area contributed by atoms with Crippen LogP contribution in [0.2, 0.25) is 0 Å². The van der Waals surface area contributed by atoms with Gasteiger partial charge in [0.05, 0.1) is 11.3 Å². The van der Waals surface area contributed by atoms with Crippen LogP contribution in [0.1, 0.15) is 43.2 Å². The number of halogens is 3. The summed E-state index contributed by atoms with van der Waals surface area (Å²) in [7, 11) is -4.39. The smallest absolute Gasteiger partial charge is 0.239 e. The number of primary sulfonamides is 1. The Labute approximate surface area is 149 Å². The summed E-state index contributed by atoms with van der Waals surface area (Å²) in [4.78, 5) is -0.572. The van der Waals surface area contributed by atoms with Gasteiger partial charge in [-0.3, -0.25) is 0 Å². The maximum atomic E-state index is 13.7. The quantitative estimate of drug-likeness (QED) is 0.818. The molecular formula is C17H18F3N3O2S. The summed E-state index contributed by atoms with van der Waals surface area (Å²) in [6.07, 6.45) is 1.73. The molecule has 5 nitrogen and oxygen atoms in total. The molecule has 0 saturated heterocycles. The van der Waals surface area contributed by atoms with Crippen LogP contribution in [-0.4, -0.2) is 18.2 Å². The van der Waals surface area contributed by atoms with Crippen LogP contribution in [-0.2, 0) is 16.2 Å². The molecule has 1 aliphatic carbocycles. The summed E-state index contributed by atoms with van der Waals surface area (Å²) in [5, 5.41) is 9.02. The molecule has 3 rings (SSSR count). The lowest BCUT2D eigenvalue weighted by molar-refractivity contribution is -0.137. The topological polar surface area (TPSA) is 78.0 Å². The molecule has 0 aliphatic heterocycles. The second kappa shape index (κ2) is 6.55. The molecule has 0 spiro atoms. The van der Waals surface area contributed by atoms with Gasteiger partial charge in [0.25, 0.3) is 0 Å². The Morgan fingerprint density at radius 3 is 2.54 bits per heavy atom. The zero-order valence-electron chi connectivity index (χ0n) is 14.0. The minimum absolute atomic E-state index is 0.188. The molecule has 9 heteroatoms. The van der Waals surface area contributed by atoms with E-state index in [1.165, 1.54) is 30.1 Å². The van der Waals surface area contributed by atoms with Crippen molar-refractivity contribution in [2.45, 2.75) is 43.2 Å². The summed E-state index contributed by atoms with van der Waals surface area (Å²) in [5.41, 5.74) is -0.136. The maximum absolute atomic E-state index is 13.7. The highest BCUT2D eigenvalue weighted by atomic mass is 32.2. The Balaban J connectivity index is 2.28. The molecule has 0 amide bonds. The third-order valence-corrected chi connectivity index (χ3v) is 5.48. The summed E-state index contributed by atoms with van der Waals surface area (Å²) in [5.74, 6) is -0.188. The van der Waals surface area contributed by atoms with Crippen LogP contribution >= 0.6 is 0 Å². The first-order valence-electron chi connectivity index (χ1n) is 8.01. The van der Waals surface area contributed by atoms with Gasteiger partial charge in [-0.25, -0.2) is 18.2 Å². The van der Waals surface area contributed by atoms with E-state index in [0.717, 1.165) is 17.2 Å². The number of alkyl halides is 3. The fraction of sp³-hybridized carbons (Fsp3) is 0.353. The minimum atomic E-state index is -4.75. The molecule has 2 aromatic rings. The molecule has 0 bridgehead atoms. The highest BCUT2D eigenvalue weighted by Crippen LogP contribution is 2.41. The first kappa shape index (κ1) is 18.7. The molecule has 1 aromatic heterocycles. The van der Waals surface area contributed by atoms with E-state index in [9.17, 15) is 21.6 Å². The minimum Gasteiger partial charge on any atom is -0.239 e. The van der Waals surface area contributed by atoms with Crippen LogP contribution in [0.3, 0.4) is 0 Å². The predicted octanol–water partition coefficient (Wildman–Crippen LogP) is 3.75. The number of hydrogen-bond donors (Lipinski definition) is 1. The van der Waals surface area contributed by atoms with Crippen LogP contribution in [0, 0.1) is 0 Å². The molecule has 1 heterocycles. The van der Waals surface area contributed by atoms with Gasteiger partial charge in [0.1, 0.15) is 4.90 Å². The third kappa shape index (κ3) is 3.68. The fourth-order valence-electron chi connectivity index (χ4n) is 3.20. The zero-order valence-corrected chi connectivity index (χ0v) is 14.8. The summed E-state index contributed by atoms with van der Waals surface area (Å²) in [6.45, 7) is 1.97. The number of benzene rings is 1. The Kier molecular flexibility index (Phi) is 4.70. The molecule has 26 heavy (non-hydrogen) atoms. The van der Waals surface area contributed by atoms with Crippen molar-refractivity contribution in [2.24, 2.45) is 5.14 Å². The SMILES string of the molecule is CC1=CCC(c2cc(C(F)(F)F)c(-n3cccn3)c(S(N)(=O)=O)c2)CC1. The van der Waals surface area contributed by atoms with E-state index < -0.39 is 32.3 Å². The van der Waals surface area contributed by atoms with Gasteiger partial charge >= 0.3 is 6.18 Å². The lowest BCUT2D eigenvalue weighted by Crippen LogP contribution is -2.21. The van der Waals surface area contributed by atoms with Crippen molar-refractivity contribution in [3.63, 3.8) is 0 Å². The van der Waals surface area contributed by atoms with Gasteiger partial charge in [0.15, 0.2) is 0 Å². The monoisotopic (exact) mass is 385 g/mol. The molecule has 0 saturated carbocycles. The Morgan fingerprint density at radius 2 is 2.04 bits per heavy atom. The van der Waals surface area contributed by atoms with Crippen molar-refractivity contribution in [2.75, 3.05) is 0 Å². The van der Waals surface area contributed by atoms with E-state index in [4.69, 9.17) is 5.14 Å². The van der Waals surface area contributed by atoms with E-state index in [-0.39, 0.29) is 5.92 Å². The fourth-order valence-corrected chi connectivity index (χ4v) is 3.98. The van der Waals surface area contributed by atoms with Crippen LogP contribution in [0.15, 0.2) is 47.1 Å². The number of hydrogen-bond acceptors (Lipinski definition) is 3. The van der Waals surface area contributed by atoms with Crippen molar-refractivity contribution >= 4 is 10.0 Å². The van der Waals surface area contributed by atoms with Gasteiger partial charge in [0, 0.05) is 12.4 Å². The van der Waals surface area contributed by atoms with E-state index in [2.05, 4.69) is 5.10 Å². The molecule has 1 aliphatic rings. The number of allylic oxidation sites excluding steroid dienone is 2. The molecule has 0 fully saturated rings. The second-order valence-corrected chi connectivity index (χ2v) is 7.96. The molecule has 0 radical (unpaired) electrons. The first-order chi connectivity index (χ1) is 12.1. The average Bonchev–Trinajstić information content (AvgIpc) is 3.07. The van der Waals surface area contributed by atoms with Crippen LogP contribution in [0.4, 0.5) is 13.2 Å². The van der Waals surface area contributed by atoms with Gasteiger partial charge in [0.2, 0.25) is 10.0 Å². The first-order valence-corrected chi connectivity index (χ1v) is 9.55. The van der Waals surface area contributed by atoms with Crippen LogP contribution in [0.5, 0.6) is 0 Å². The number of rotatable bonds is 3. The van der Waals surface area contributed by atoms with Gasteiger partial charge in [-0.2, -0.15) is 18.3 Å². The Morgan fingerprint density at radius 1 is 1.31 bits per heavy atom. The van der Waals surface area contributed by atoms with E-state index in [1.54, 1.807) is 0 Å². The van der Waals surface area contributed by atoms with Crippen molar-refractivity contribution in [3.8, 4) is 5.69 Å². The maximum Gasteiger partial charge on any atom is 0.418 e. The van der Waals surface area contributed by atoms with E-state index in [0.29, 0.717) is 18.4 Å². The molecule has 1 unspecified atom stereocenters. The molecule has 1 atom stereocenters. The molecular weight excluding hydrogens is 367 g/mol. The molecule has 2 N–H and O–H groups in total. The number of aromatic nitrogens is 2. The van der Waals surface area contributed by atoms with Gasteiger partial charge in [-0.15, -0.1) is 0 Å². The predicted molar refractivity (Wildman–Crippen MR) is 90.3 cm³/mol. The number of sulfonamides is 1. The Bertz CT molecular complexity index is 948. The van der Waals surface area contributed by atoms with Gasteiger partial charge < -0.3 is 0 Å². The summed E-state index contributed by atoms with van der Waals surface area (Å²) >= 11 is 0. The summed E-state index contributed by atoms with van der Waals surface area (Å²) < 4.78 is 66.2. The summed E-state index contributed by atoms with van der Waals surface area (Å²) in [6, 6.07) is 3.68. The average molecular weight is 385 g/mol. The molecule has 1 aromatic carbocycles. The van der Waals surface area contributed by atoms with Crippen molar-refractivity contribution in [1.29, 1.82) is 0 Å². The lowest BCUT2D eigenvalue weighted by atomic mass is 9.84. The largest absolute Gasteiger partial charge is 0.418 e. The van der Waals surface area contributed by atoms with Crippen LogP contribution < -0.4 is 5.14 Å². The highest BCUT2D eigenvalue weighted by Gasteiger charge is 2.38. The number of nitrogens with zero attached hydrogens (tertiary/aromatic N) is 2. The normalized spacial score (nSPS) is 18.7. The van der Waals surface area contributed by atoms with E-state index in [1.807, 2.05) is 13.0 Å². The Hall–Kier alpha value is -2.13. The van der Waals surface area contributed by atoms with Gasteiger partial charge in [-0.1, -0.05) is 11.6 Å². The van der Waals surface area contributed by atoms with Crippen molar-refractivity contribution in [1.82, 2.24) is 9.78 Å². The number of nitrogens with two attached hydrogens (primary N) is 1. The zero-order chi connectivity index (χ0) is 19.1. The van der Waals surface area contributed by atoms with Crippen molar-refractivity contribution < 1.29 is 21.6 Å². The standard InChI is InChI=1S/C17H18F3N3O2S/c1-11-3-5-12(6-4-11)13-9-14(17(18,19)20)16(23-8-2-7-22-23)15(10-13)26(21,24)25/h2-3,7-10,12H,4-6H2,1H3,(H2,21,24,25).